The van der Waals surface area contributed by atoms with E-state index in [1.165, 1.54) is 18.3 Å². The van der Waals surface area contributed by atoms with Crippen molar-refractivity contribution in [2.45, 2.75) is 19.3 Å². The molecule has 0 aliphatic carbocycles. The molecule has 26 heavy (non-hydrogen) atoms. The van der Waals surface area contributed by atoms with Crippen LogP contribution in [0.2, 0.25) is 0 Å². The van der Waals surface area contributed by atoms with Gasteiger partial charge in [-0.1, -0.05) is 18.2 Å². The summed E-state index contributed by atoms with van der Waals surface area (Å²) in [5, 5.41) is 5.45. The fraction of sp³-hybridized carbons (Fsp3) is 0.200. The zero-order chi connectivity index (χ0) is 18.7. The molecule has 0 saturated heterocycles. The molecule has 0 radical (unpaired) electrons. The maximum absolute atomic E-state index is 13.2. The molecule has 2 aromatic rings. The molecular formula is C20H19FN2O3. The molecule has 0 unspecified atom stereocenters. The standard InChI is InChI=1S/C20H19FN2O3/c1-12-17(4-3-5-18(12)26-2)23-20(25)16-11-22-19(24)10-15(16)13-6-8-14(21)9-7-13/h3-9,11,15H,10H2,1-2H3,(H,22,24)(H,23,25)/t15-/m0/s1. The van der Waals surface area contributed by atoms with Crippen molar-refractivity contribution in [1.82, 2.24) is 5.32 Å². The summed E-state index contributed by atoms with van der Waals surface area (Å²) < 4.78 is 18.5. The van der Waals surface area contributed by atoms with Gasteiger partial charge in [-0.3, -0.25) is 9.59 Å². The smallest absolute Gasteiger partial charge is 0.253 e. The number of ether oxygens (including phenoxy) is 1. The number of anilines is 1. The van der Waals surface area contributed by atoms with Crippen LogP contribution in [0.25, 0.3) is 0 Å². The third-order valence-electron chi connectivity index (χ3n) is 4.44. The van der Waals surface area contributed by atoms with Crippen molar-refractivity contribution in [3.05, 3.63) is 71.2 Å². The first-order chi connectivity index (χ1) is 12.5. The van der Waals surface area contributed by atoms with E-state index in [0.29, 0.717) is 22.6 Å². The van der Waals surface area contributed by atoms with Crippen LogP contribution in [0.3, 0.4) is 0 Å². The number of hydrogen-bond donors (Lipinski definition) is 2. The van der Waals surface area contributed by atoms with Gasteiger partial charge in [-0.05, 0) is 36.8 Å². The summed E-state index contributed by atoms with van der Waals surface area (Å²) >= 11 is 0. The fourth-order valence-corrected chi connectivity index (χ4v) is 2.99. The van der Waals surface area contributed by atoms with Crippen molar-refractivity contribution in [3.8, 4) is 5.75 Å². The van der Waals surface area contributed by atoms with E-state index in [2.05, 4.69) is 10.6 Å². The van der Waals surface area contributed by atoms with Crippen molar-refractivity contribution in [1.29, 1.82) is 0 Å². The highest BCUT2D eigenvalue weighted by molar-refractivity contribution is 6.06. The summed E-state index contributed by atoms with van der Waals surface area (Å²) in [6.45, 7) is 1.85. The SMILES string of the molecule is COc1cccc(NC(=O)C2=CNC(=O)C[C@H]2c2ccc(F)cc2)c1C. The van der Waals surface area contributed by atoms with E-state index in [1.807, 2.05) is 13.0 Å². The van der Waals surface area contributed by atoms with Crippen LogP contribution in [0.1, 0.15) is 23.5 Å². The highest BCUT2D eigenvalue weighted by Gasteiger charge is 2.29. The second-order valence-corrected chi connectivity index (χ2v) is 6.06. The average molecular weight is 354 g/mol. The molecule has 1 aliphatic rings. The minimum atomic E-state index is -0.435. The molecule has 6 heteroatoms. The Morgan fingerprint density at radius 1 is 1.23 bits per heavy atom. The summed E-state index contributed by atoms with van der Waals surface area (Å²) in [5.41, 5.74) is 2.57. The lowest BCUT2D eigenvalue weighted by Crippen LogP contribution is -2.32. The largest absolute Gasteiger partial charge is 0.496 e. The van der Waals surface area contributed by atoms with Gasteiger partial charge < -0.3 is 15.4 Å². The number of benzene rings is 2. The van der Waals surface area contributed by atoms with Crippen LogP contribution in [0.4, 0.5) is 10.1 Å². The molecule has 0 saturated carbocycles. The molecular weight excluding hydrogens is 335 g/mol. The van der Waals surface area contributed by atoms with Crippen LogP contribution in [0.15, 0.2) is 54.2 Å². The average Bonchev–Trinajstić information content (AvgIpc) is 2.64. The summed E-state index contributed by atoms with van der Waals surface area (Å²) in [6.07, 6.45) is 1.55. The van der Waals surface area contributed by atoms with Crippen molar-refractivity contribution >= 4 is 17.5 Å². The van der Waals surface area contributed by atoms with E-state index in [-0.39, 0.29) is 24.1 Å². The van der Waals surface area contributed by atoms with Crippen LogP contribution < -0.4 is 15.4 Å². The Morgan fingerprint density at radius 2 is 1.96 bits per heavy atom. The molecule has 3 rings (SSSR count). The minimum absolute atomic E-state index is 0.127. The lowest BCUT2D eigenvalue weighted by molar-refractivity contribution is -0.121. The van der Waals surface area contributed by atoms with E-state index < -0.39 is 5.92 Å². The first kappa shape index (κ1) is 17.7. The van der Waals surface area contributed by atoms with E-state index in [9.17, 15) is 14.0 Å². The van der Waals surface area contributed by atoms with Crippen LogP contribution in [-0.4, -0.2) is 18.9 Å². The van der Waals surface area contributed by atoms with Gasteiger partial charge in [-0.25, -0.2) is 4.39 Å². The number of nitrogens with one attached hydrogen (secondary N) is 2. The summed E-state index contributed by atoms with van der Waals surface area (Å²) in [7, 11) is 1.57. The molecule has 0 spiro atoms. The molecule has 0 bridgehead atoms. The number of rotatable bonds is 4. The number of hydrogen-bond acceptors (Lipinski definition) is 3. The molecule has 2 aromatic carbocycles. The lowest BCUT2D eigenvalue weighted by atomic mass is 9.86. The number of carbonyl (C=O) groups is 2. The fourth-order valence-electron chi connectivity index (χ4n) is 2.99. The highest BCUT2D eigenvalue weighted by atomic mass is 19.1. The summed E-state index contributed by atoms with van der Waals surface area (Å²) in [6, 6.07) is 11.2. The van der Waals surface area contributed by atoms with Crippen molar-refractivity contribution < 1.29 is 18.7 Å². The van der Waals surface area contributed by atoms with Crippen LogP contribution in [-0.2, 0) is 9.59 Å². The van der Waals surface area contributed by atoms with Gasteiger partial charge in [-0.15, -0.1) is 0 Å². The van der Waals surface area contributed by atoms with Crippen LogP contribution in [0.5, 0.6) is 5.75 Å². The van der Waals surface area contributed by atoms with E-state index >= 15 is 0 Å². The predicted octanol–water partition coefficient (Wildman–Crippen LogP) is 3.27. The van der Waals surface area contributed by atoms with Crippen LogP contribution in [0, 0.1) is 12.7 Å². The van der Waals surface area contributed by atoms with E-state index in [0.717, 1.165) is 5.56 Å². The number of halogens is 1. The zero-order valence-corrected chi connectivity index (χ0v) is 14.5. The number of carbonyl (C=O) groups excluding carboxylic acids is 2. The molecule has 5 nitrogen and oxygen atoms in total. The Balaban J connectivity index is 1.89. The third kappa shape index (κ3) is 3.59. The molecule has 0 aromatic heterocycles. The van der Waals surface area contributed by atoms with Gasteiger partial charge >= 0.3 is 0 Å². The molecule has 1 heterocycles. The van der Waals surface area contributed by atoms with Crippen molar-refractivity contribution in [2.24, 2.45) is 0 Å². The molecule has 1 aliphatic heterocycles. The minimum Gasteiger partial charge on any atom is -0.496 e. The second kappa shape index (κ2) is 7.39. The molecule has 0 fully saturated rings. The summed E-state index contributed by atoms with van der Waals surface area (Å²) in [5.74, 6) is -0.640. The Hall–Kier alpha value is -3.15. The van der Waals surface area contributed by atoms with Gasteiger partial charge in [0.1, 0.15) is 11.6 Å². The van der Waals surface area contributed by atoms with Crippen molar-refractivity contribution in [2.75, 3.05) is 12.4 Å². The molecule has 2 N–H and O–H groups in total. The van der Waals surface area contributed by atoms with Gasteiger partial charge in [0.15, 0.2) is 0 Å². The Kier molecular flexibility index (Phi) is 5.02. The number of amides is 2. The summed E-state index contributed by atoms with van der Waals surface area (Å²) in [4.78, 5) is 24.6. The highest BCUT2D eigenvalue weighted by Crippen LogP contribution is 2.32. The lowest BCUT2D eigenvalue weighted by Gasteiger charge is -2.24. The van der Waals surface area contributed by atoms with Gasteiger partial charge in [0.2, 0.25) is 5.91 Å². The molecule has 1 atom stereocenters. The monoisotopic (exact) mass is 354 g/mol. The Morgan fingerprint density at radius 3 is 2.65 bits per heavy atom. The van der Waals surface area contributed by atoms with Gasteiger partial charge in [0.25, 0.3) is 5.91 Å². The van der Waals surface area contributed by atoms with Gasteiger partial charge in [0.05, 0.1) is 7.11 Å². The Bertz CT molecular complexity index is 875. The molecule has 2 amide bonds. The first-order valence-corrected chi connectivity index (χ1v) is 8.19. The maximum atomic E-state index is 13.2. The normalized spacial score (nSPS) is 16.5. The first-order valence-electron chi connectivity index (χ1n) is 8.19. The zero-order valence-electron chi connectivity index (χ0n) is 14.5. The predicted molar refractivity (Wildman–Crippen MR) is 96.3 cm³/mol. The Labute approximate surface area is 150 Å². The molecule has 134 valence electrons. The van der Waals surface area contributed by atoms with Crippen LogP contribution >= 0.6 is 0 Å². The number of methoxy groups -OCH3 is 1. The van der Waals surface area contributed by atoms with Crippen molar-refractivity contribution in [3.63, 3.8) is 0 Å². The van der Waals surface area contributed by atoms with Gasteiger partial charge in [0, 0.05) is 35.4 Å². The van der Waals surface area contributed by atoms with E-state index in [1.54, 1.807) is 31.4 Å². The topological polar surface area (TPSA) is 67.4 Å². The van der Waals surface area contributed by atoms with Gasteiger partial charge in [-0.2, -0.15) is 0 Å². The quantitative estimate of drug-likeness (QED) is 0.886. The third-order valence-corrected chi connectivity index (χ3v) is 4.44. The second-order valence-electron chi connectivity index (χ2n) is 6.06. The maximum Gasteiger partial charge on any atom is 0.253 e. The van der Waals surface area contributed by atoms with E-state index in [4.69, 9.17) is 4.74 Å².